The number of hydrogen-bond acceptors (Lipinski definition) is 7. The van der Waals surface area contributed by atoms with Gasteiger partial charge in [-0.05, 0) is 32.6 Å². The van der Waals surface area contributed by atoms with E-state index in [2.05, 4.69) is 10.6 Å². The Morgan fingerprint density at radius 3 is 2.23 bits per heavy atom. The Morgan fingerprint density at radius 2 is 1.67 bits per heavy atom. The van der Waals surface area contributed by atoms with Crippen molar-refractivity contribution in [3.8, 4) is 0 Å². The van der Waals surface area contributed by atoms with Crippen LogP contribution in [0.15, 0.2) is 0 Å². The fourth-order valence-electron chi connectivity index (χ4n) is 3.82. The van der Waals surface area contributed by atoms with Crippen LogP contribution in [0.1, 0.15) is 32.6 Å². The third kappa shape index (κ3) is 5.45. The highest BCUT2D eigenvalue weighted by atomic mass is 16.4. The SMILES string of the molecule is C[C@@H](O)[C@H](NC(=O)CNC(=O)[C@@H]1CCCN1C(=O)CN)C(=O)N1CCC[C@H]1C(=O)O. The first-order valence-corrected chi connectivity index (χ1v) is 9.95. The maximum atomic E-state index is 12.7. The van der Waals surface area contributed by atoms with Gasteiger partial charge in [0, 0.05) is 13.1 Å². The van der Waals surface area contributed by atoms with Crippen LogP contribution >= 0.6 is 0 Å². The molecule has 12 heteroatoms. The molecule has 0 aromatic carbocycles. The molecule has 12 nitrogen and oxygen atoms in total. The highest BCUT2D eigenvalue weighted by Crippen LogP contribution is 2.19. The standard InChI is InChI=1S/C18H29N5O7/c1-10(24)15(17(28)23-7-3-5-12(23)18(29)30)21-13(25)9-20-16(27)11-4-2-6-22(11)14(26)8-19/h10-12,15,24H,2-9,19H2,1H3,(H,20,27)(H,21,25)(H,29,30)/t10-,11+,12+,15+/m1/s1. The van der Waals surface area contributed by atoms with E-state index in [9.17, 15) is 34.2 Å². The molecule has 4 amide bonds. The molecule has 4 atom stereocenters. The molecule has 0 radical (unpaired) electrons. The van der Waals surface area contributed by atoms with Crippen molar-refractivity contribution in [2.24, 2.45) is 5.73 Å². The van der Waals surface area contributed by atoms with E-state index in [1.165, 1.54) is 11.8 Å². The van der Waals surface area contributed by atoms with E-state index in [1.54, 1.807) is 0 Å². The highest BCUT2D eigenvalue weighted by molar-refractivity contribution is 5.94. The van der Waals surface area contributed by atoms with Gasteiger partial charge in [-0.1, -0.05) is 0 Å². The van der Waals surface area contributed by atoms with Crippen LogP contribution in [0.3, 0.4) is 0 Å². The maximum Gasteiger partial charge on any atom is 0.326 e. The third-order valence-electron chi connectivity index (χ3n) is 5.36. The van der Waals surface area contributed by atoms with Crippen molar-refractivity contribution in [3.05, 3.63) is 0 Å². The number of aliphatic hydroxyl groups excluding tert-OH is 1. The lowest BCUT2D eigenvalue weighted by molar-refractivity contribution is -0.150. The predicted molar refractivity (Wildman–Crippen MR) is 103 cm³/mol. The van der Waals surface area contributed by atoms with Crippen molar-refractivity contribution >= 4 is 29.6 Å². The Balaban J connectivity index is 1.92. The molecule has 0 spiro atoms. The Labute approximate surface area is 173 Å². The molecule has 2 fully saturated rings. The molecule has 0 aliphatic carbocycles. The van der Waals surface area contributed by atoms with Crippen LogP contribution in [0.25, 0.3) is 0 Å². The van der Waals surface area contributed by atoms with Crippen molar-refractivity contribution in [2.45, 2.75) is 56.8 Å². The lowest BCUT2D eigenvalue weighted by Crippen LogP contribution is -2.57. The van der Waals surface area contributed by atoms with E-state index < -0.39 is 54.5 Å². The van der Waals surface area contributed by atoms with Gasteiger partial charge in [0.05, 0.1) is 19.2 Å². The Hall–Kier alpha value is -2.73. The molecule has 0 aromatic rings. The number of carboxylic acid groups (broad SMARTS) is 1. The largest absolute Gasteiger partial charge is 0.480 e. The number of hydrogen-bond donors (Lipinski definition) is 5. The Kier molecular flexibility index (Phi) is 8.12. The summed E-state index contributed by atoms with van der Waals surface area (Å²) < 4.78 is 0. The van der Waals surface area contributed by atoms with Crippen molar-refractivity contribution in [1.29, 1.82) is 0 Å². The zero-order valence-electron chi connectivity index (χ0n) is 16.9. The molecular weight excluding hydrogens is 398 g/mol. The van der Waals surface area contributed by atoms with E-state index in [4.69, 9.17) is 5.73 Å². The fraction of sp³-hybridized carbons (Fsp3) is 0.722. The summed E-state index contributed by atoms with van der Waals surface area (Å²) >= 11 is 0. The van der Waals surface area contributed by atoms with Gasteiger partial charge in [0.1, 0.15) is 18.1 Å². The zero-order valence-corrected chi connectivity index (χ0v) is 16.9. The Bertz CT molecular complexity index is 698. The molecule has 6 N–H and O–H groups in total. The quantitative estimate of drug-likeness (QED) is 0.271. The number of aliphatic carboxylic acids is 1. The number of amides is 4. The first kappa shape index (κ1) is 23.5. The van der Waals surface area contributed by atoms with E-state index in [-0.39, 0.29) is 19.0 Å². The van der Waals surface area contributed by atoms with E-state index >= 15 is 0 Å². The molecule has 2 aliphatic heterocycles. The number of rotatable bonds is 8. The molecule has 168 valence electrons. The number of carboxylic acids is 1. The van der Waals surface area contributed by atoms with Crippen LogP contribution in [-0.2, 0) is 24.0 Å². The average Bonchev–Trinajstić information content (AvgIpc) is 3.38. The van der Waals surface area contributed by atoms with Gasteiger partial charge in [-0.2, -0.15) is 0 Å². The molecule has 0 unspecified atom stereocenters. The van der Waals surface area contributed by atoms with Gasteiger partial charge >= 0.3 is 5.97 Å². The second kappa shape index (κ2) is 10.3. The van der Waals surface area contributed by atoms with Gasteiger partial charge in [-0.3, -0.25) is 19.2 Å². The minimum atomic E-state index is -1.34. The molecule has 2 saturated heterocycles. The molecule has 0 aromatic heterocycles. The first-order valence-electron chi connectivity index (χ1n) is 9.95. The van der Waals surface area contributed by atoms with E-state index in [0.29, 0.717) is 32.2 Å². The van der Waals surface area contributed by atoms with Crippen molar-refractivity contribution in [3.63, 3.8) is 0 Å². The van der Waals surface area contributed by atoms with Gasteiger partial charge in [-0.25, -0.2) is 4.79 Å². The normalized spacial score (nSPS) is 23.0. The average molecular weight is 427 g/mol. The van der Waals surface area contributed by atoms with Gasteiger partial charge < -0.3 is 36.4 Å². The summed E-state index contributed by atoms with van der Waals surface area (Å²) in [6.07, 6.45) is 0.657. The maximum absolute atomic E-state index is 12.7. The lowest BCUT2D eigenvalue weighted by Gasteiger charge is -2.29. The lowest BCUT2D eigenvalue weighted by atomic mass is 10.1. The minimum Gasteiger partial charge on any atom is -0.480 e. The van der Waals surface area contributed by atoms with Gasteiger partial charge in [0.15, 0.2) is 0 Å². The first-order chi connectivity index (χ1) is 14.2. The van der Waals surface area contributed by atoms with Crippen LogP contribution in [0.4, 0.5) is 0 Å². The van der Waals surface area contributed by atoms with Crippen molar-refractivity contribution in [1.82, 2.24) is 20.4 Å². The van der Waals surface area contributed by atoms with Gasteiger partial charge in [-0.15, -0.1) is 0 Å². The number of nitrogens with zero attached hydrogens (tertiary/aromatic N) is 2. The fourth-order valence-corrected chi connectivity index (χ4v) is 3.82. The molecule has 2 aliphatic rings. The second-order valence-corrected chi connectivity index (χ2v) is 7.48. The molecule has 0 saturated carbocycles. The number of likely N-dealkylation sites (tertiary alicyclic amines) is 2. The van der Waals surface area contributed by atoms with E-state index in [1.807, 2.05) is 0 Å². The minimum absolute atomic E-state index is 0.212. The molecule has 2 rings (SSSR count). The molecule has 30 heavy (non-hydrogen) atoms. The molecule has 2 heterocycles. The van der Waals surface area contributed by atoms with Crippen molar-refractivity contribution < 1.29 is 34.2 Å². The summed E-state index contributed by atoms with van der Waals surface area (Å²) in [5.74, 6) is -3.41. The van der Waals surface area contributed by atoms with Crippen LogP contribution in [0.2, 0.25) is 0 Å². The zero-order chi connectivity index (χ0) is 22.4. The second-order valence-electron chi connectivity index (χ2n) is 7.48. The van der Waals surface area contributed by atoms with Crippen molar-refractivity contribution in [2.75, 3.05) is 26.2 Å². The number of aliphatic hydroxyl groups is 1. The van der Waals surface area contributed by atoms with Crippen LogP contribution < -0.4 is 16.4 Å². The summed E-state index contributed by atoms with van der Waals surface area (Å²) in [6, 6.07) is -3.04. The predicted octanol–water partition coefficient (Wildman–Crippen LogP) is -3.01. The summed E-state index contributed by atoms with van der Waals surface area (Å²) in [4.78, 5) is 62.9. The molecular formula is C18H29N5O7. The van der Waals surface area contributed by atoms with Gasteiger partial charge in [0.2, 0.25) is 23.6 Å². The summed E-state index contributed by atoms with van der Waals surface area (Å²) in [6.45, 7) is 1.27. The van der Waals surface area contributed by atoms with Crippen LogP contribution in [0.5, 0.6) is 0 Å². The Morgan fingerprint density at radius 1 is 1.07 bits per heavy atom. The topological polar surface area (TPSA) is 182 Å². The number of carbonyl (C=O) groups is 5. The van der Waals surface area contributed by atoms with Gasteiger partial charge in [0.25, 0.3) is 0 Å². The number of nitrogens with one attached hydrogen (secondary N) is 2. The monoisotopic (exact) mass is 427 g/mol. The third-order valence-corrected chi connectivity index (χ3v) is 5.36. The summed E-state index contributed by atoms with van der Waals surface area (Å²) in [7, 11) is 0. The summed E-state index contributed by atoms with van der Waals surface area (Å²) in [5, 5.41) is 24.0. The van der Waals surface area contributed by atoms with E-state index in [0.717, 1.165) is 4.90 Å². The number of carbonyl (C=O) groups excluding carboxylic acids is 4. The van der Waals surface area contributed by atoms with Crippen LogP contribution in [-0.4, -0.2) is 100 Å². The number of nitrogens with two attached hydrogens (primary N) is 1. The molecule has 0 bridgehead atoms. The van der Waals surface area contributed by atoms with Crippen LogP contribution in [0, 0.1) is 0 Å². The summed E-state index contributed by atoms with van der Waals surface area (Å²) in [5.41, 5.74) is 5.34. The smallest absolute Gasteiger partial charge is 0.326 e. The highest BCUT2D eigenvalue weighted by Gasteiger charge is 2.39.